The second kappa shape index (κ2) is 5.14. The van der Waals surface area contributed by atoms with Crippen LogP contribution in [0.25, 0.3) is 0 Å². The summed E-state index contributed by atoms with van der Waals surface area (Å²) in [5.74, 6) is 1.68. The van der Waals surface area contributed by atoms with Crippen LogP contribution in [0.4, 0.5) is 17.5 Å². The molecule has 1 aliphatic carbocycles. The molecule has 0 unspecified atom stereocenters. The normalized spacial score (nSPS) is 27.7. The van der Waals surface area contributed by atoms with E-state index in [-0.39, 0.29) is 18.6 Å². The fourth-order valence-electron chi connectivity index (χ4n) is 2.80. The quantitative estimate of drug-likeness (QED) is 0.761. The summed E-state index contributed by atoms with van der Waals surface area (Å²) in [6.07, 6.45) is 1.89. The van der Waals surface area contributed by atoms with Gasteiger partial charge in [-0.25, -0.2) is 4.98 Å². The van der Waals surface area contributed by atoms with E-state index < -0.39 is 0 Å². The van der Waals surface area contributed by atoms with Crippen LogP contribution in [0.3, 0.4) is 0 Å². The third-order valence-electron chi connectivity index (χ3n) is 4.44. The first-order valence-corrected chi connectivity index (χ1v) is 7.29. The minimum absolute atomic E-state index is 0.0396. The Kier molecular flexibility index (Phi) is 3.44. The summed E-state index contributed by atoms with van der Waals surface area (Å²) in [4.78, 5) is 22.7. The van der Waals surface area contributed by atoms with Crippen molar-refractivity contribution < 1.29 is 9.90 Å². The van der Waals surface area contributed by atoms with Crippen molar-refractivity contribution in [3.8, 4) is 0 Å². The number of anilines is 3. The lowest BCUT2D eigenvalue weighted by atomic mass is 9.81. The van der Waals surface area contributed by atoms with E-state index in [1.54, 1.807) is 0 Å². The molecule has 114 valence electrons. The van der Waals surface area contributed by atoms with Crippen LogP contribution in [0.15, 0.2) is 0 Å². The van der Waals surface area contributed by atoms with Gasteiger partial charge in [-0.1, -0.05) is 0 Å². The number of aliphatic hydroxyl groups is 1. The number of aryl methyl sites for hydroxylation is 1. The fourth-order valence-corrected chi connectivity index (χ4v) is 2.80. The van der Waals surface area contributed by atoms with Gasteiger partial charge in [0.15, 0.2) is 5.82 Å². The molecule has 1 amide bonds. The Balaban J connectivity index is 1.82. The van der Waals surface area contributed by atoms with Crippen LogP contribution in [0, 0.1) is 12.8 Å². The Hall–Kier alpha value is -1.89. The first-order chi connectivity index (χ1) is 9.99. The van der Waals surface area contributed by atoms with Gasteiger partial charge >= 0.3 is 0 Å². The maximum absolute atomic E-state index is 11.9. The maximum atomic E-state index is 11.9. The number of nitrogens with one attached hydrogen (secondary N) is 2. The molecule has 2 aliphatic rings. The molecule has 0 spiro atoms. The molecule has 0 aromatic carbocycles. The average molecular weight is 291 g/mol. The van der Waals surface area contributed by atoms with Gasteiger partial charge in [-0.2, -0.15) is 4.98 Å². The van der Waals surface area contributed by atoms with Crippen LogP contribution in [0.2, 0.25) is 0 Å². The summed E-state index contributed by atoms with van der Waals surface area (Å²) in [5, 5.41) is 15.2. The summed E-state index contributed by atoms with van der Waals surface area (Å²) in [5.41, 5.74) is 1.45. The van der Waals surface area contributed by atoms with Crippen molar-refractivity contribution in [3.63, 3.8) is 0 Å². The summed E-state index contributed by atoms with van der Waals surface area (Å²) in [6, 6.07) is 0.0719. The molecule has 7 heteroatoms. The lowest BCUT2D eigenvalue weighted by Gasteiger charge is -2.36. The van der Waals surface area contributed by atoms with E-state index in [2.05, 4.69) is 20.6 Å². The number of aromatic nitrogens is 2. The van der Waals surface area contributed by atoms with E-state index in [4.69, 9.17) is 5.11 Å². The molecule has 0 bridgehead atoms. The van der Waals surface area contributed by atoms with Crippen LogP contribution in [0.5, 0.6) is 0 Å². The highest BCUT2D eigenvalue weighted by molar-refractivity contribution is 6.03. The Morgan fingerprint density at radius 3 is 2.81 bits per heavy atom. The van der Waals surface area contributed by atoms with Crippen LogP contribution in [0.1, 0.15) is 25.5 Å². The molecular formula is C14H21N5O2. The third-order valence-corrected chi connectivity index (χ3v) is 4.44. The predicted molar refractivity (Wildman–Crippen MR) is 80.5 cm³/mol. The Morgan fingerprint density at radius 1 is 1.43 bits per heavy atom. The molecule has 1 atom stereocenters. The van der Waals surface area contributed by atoms with Gasteiger partial charge in [-0.3, -0.25) is 4.79 Å². The van der Waals surface area contributed by atoms with Crippen molar-refractivity contribution in [2.24, 2.45) is 5.92 Å². The number of hydrogen-bond acceptors (Lipinski definition) is 6. The Morgan fingerprint density at radius 2 is 2.14 bits per heavy atom. The van der Waals surface area contributed by atoms with E-state index in [0.717, 1.165) is 24.4 Å². The molecule has 0 saturated heterocycles. The Bertz CT molecular complexity index is 571. The van der Waals surface area contributed by atoms with Gasteiger partial charge in [0, 0.05) is 19.7 Å². The van der Waals surface area contributed by atoms with Gasteiger partial charge in [0.25, 0.3) is 0 Å². The lowest BCUT2D eigenvalue weighted by Crippen LogP contribution is -2.45. The monoisotopic (exact) mass is 291 g/mol. The van der Waals surface area contributed by atoms with Crippen LogP contribution in [-0.2, 0) is 4.79 Å². The van der Waals surface area contributed by atoms with Crippen LogP contribution < -0.4 is 15.5 Å². The standard InChI is InChI=1S/C14H21N5O2/c1-7-11-12(19(3)8(2)13(21)17-11)18-14(15-7)16-10-4-9(5-10)6-20/h8-10,20H,4-6H2,1-3H3,(H,17,21)(H,15,16,18)/t8-,9?,10?/m0/s1. The molecule has 1 aromatic rings. The number of nitrogens with zero attached hydrogens (tertiary/aromatic N) is 3. The van der Waals surface area contributed by atoms with Crippen molar-refractivity contribution in [1.82, 2.24) is 9.97 Å². The summed E-state index contributed by atoms with van der Waals surface area (Å²) in [6.45, 7) is 3.96. The number of aliphatic hydroxyl groups excluding tert-OH is 1. The molecule has 0 radical (unpaired) electrons. The van der Waals surface area contributed by atoms with Gasteiger partial charge in [-0.15, -0.1) is 0 Å². The highest BCUT2D eigenvalue weighted by Crippen LogP contribution is 2.34. The number of carbonyl (C=O) groups excluding carboxylic acids is 1. The van der Waals surface area contributed by atoms with Crippen LogP contribution in [-0.4, -0.2) is 46.7 Å². The first-order valence-electron chi connectivity index (χ1n) is 7.29. The fraction of sp³-hybridized carbons (Fsp3) is 0.643. The van der Waals surface area contributed by atoms with E-state index in [1.165, 1.54) is 0 Å². The molecule has 1 aromatic heterocycles. The van der Waals surface area contributed by atoms with Gasteiger partial charge in [0.1, 0.15) is 11.7 Å². The highest BCUT2D eigenvalue weighted by atomic mass is 16.3. The van der Waals surface area contributed by atoms with E-state index in [1.807, 2.05) is 25.8 Å². The smallest absolute Gasteiger partial charge is 0.246 e. The third kappa shape index (κ3) is 2.42. The van der Waals surface area contributed by atoms with Crippen molar-refractivity contribution in [3.05, 3.63) is 5.69 Å². The van der Waals surface area contributed by atoms with Crippen molar-refractivity contribution in [2.75, 3.05) is 29.2 Å². The van der Waals surface area contributed by atoms with E-state index in [9.17, 15) is 4.79 Å². The molecule has 3 N–H and O–H groups in total. The zero-order chi connectivity index (χ0) is 15.1. The summed E-state index contributed by atoms with van der Waals surface area (Å²) < 4.78 is 0. The van der Waals surface area contributed by atoms with Crippen molar-refractivity contribution >= 4 is 23.4 Å². The molecule has 2 heterocycles. The zero-order valence-corrected chi connectivity index (χ0v) is 12.6. The number of fused-ring (bicyclic) bond motifs is 1. The minimum Gasteiger partial charge on any atom is -0.396 e. The molecule has 21 heavy (non-hydrogen) atoms. The summed E-state index contributed by atoms with van der Waals surface area (Å²) in [7, 11) is 1.86. The largest absolute Gasteiger partial charge is 0.396 e. The van der Waals surface area contributed by atoms with Crippen molar-refractivity contribution in [2.45, 2.75) is 38.8 Å². The van der Waals surface area contributed by atoms with E-state index in [0.29, 0.717) is 23.6 Å². The first kappa shape index (κ1) is 14.1. The van der Waals surface area contributed by atoms with Crippen molar-refractivity contribution in [1.29, 1.82) is 0 Å². The molecule has 1 fully saturated rings. The van der Waals surface area contributed by atoms with Gasteiger partial charge < -0.3 is 20.6 Å². The van der Waals surface area contributed by atoms with Gasteiger partial charge in [0.05, 0.1) is 5.69 Å². The second-order valence-electron chi connectivity index (χ2n) is 5.97. The number of likely N-dealkylation sites (N-methyl/N-ethyl adjacent to an activating group) is 1. The number of rotatable bonds is 3. The molecule has 3 rings (SSSR count). The zero-order valence-electron chi connectivity index (χ0n) is 12.6. The van der Waals surface area contributed by atoms with Gasteiger partial charge in [-0.05, 0) is 32.6 Å². The number of hydrogen-bond donors (Lipinski definition) is 3. The highest BCUT2D eigenvalue weighted by Gasteiger charge is 2.32. The number of amides is 1. The predicted octanol–water partition coefficient (Wildman–Crippen LogP) is 0.745. The molecule has 1 saturated carbocycles. The minimum atomic E-state index is -0.248. The number of carbonyl (C=O) groups is 1. The maximum Gasteiger partial charge on any atom is 0.246 e. The average Bonchev–Trinajstić information content (AvgIpc) is 2.41. The van der Waals surface area contributed by atoms with Crippen LogP contribution >= 0.6 is 0 Å². The Labute approximate surface area is 123 Å². The van der Waals surface area contributed by atoms with E-state index >= 15 is 0 Å². The lowest BCUT2D eigenvalue weighted by molar-refractivity contribution is -0.117. The second-order valence-corrected chi connectivity index (χ2v) is 5.97. The topological polar surface area (TPSA) is 90.4 Å². The molecule has 1 aliphatic heterocycles. The molecule has 7 nitrogen and oxygen atoms in total. The SMILES string of the molecule is Cc1nc(NC2CC(CO)C2)nc2c1NC(=O)[C@H](C)N2C. The molecular weight excluding hydrogens is 270 g/mol. The summed E-state index contributed by atoms with van der Waals surface area (Å²) >= 11 is 0. The van der Waals surface area contributed by atoms with Gasteiger partial charge in [0.2, 0.25) is 11.9 Å².